The molecule has 4 N–H and O–H groups in total. The van der Waals surface area contributed by atoms with Crippen molar-refractivity contribution in [3.05, 3.63) is 24.3 Å². The topological polar surface area (TPSA) is 87.5 Å². The smallest absolute Gasteiger partial charge is 0.238 e. The third-order valence-electron chi connectivity index (χ3n) is 4.70. The van der Waals surface area contributed by atoms with Gasteiger partial charge in [0.1, 0.15) is 0 Å². The zero-order valence-electron chi connectivity index (χ0n) is 15.3. The Morgan fingerprint density at radius 1 is 1.00 bits per heavy atom. The molecule has 0 spiro atoms. The van der Waals surface area contributed by atoms with E-state index in [2.05, 4.69) is 15.5 Å². The molecule has 0 saturated carbocycles. The summed E-state index contributed by atoms with van der Waals surface area (Å²) in [6.07, 6.45) is 4.85. The monoisotopic (exact) mass is 346 g/mol. The molecule has 1 fully saturated rings. The summed E-state index contributed by atoms with van der Waals surface area (Å²) in [5.74, 6) is -0.356. The number of benzene rings is 1. The van der Waals surface area contributed by atoms with E-state index in [0.717, 1.165) is 18.8 Å². The molecule has 0 aliphatic carbocycles. The van der Waals surface area contributed by atoms with Crippen LogP contribution in [0.25, 0.3) is 0 Å². The van der Waals surface area contributed by atoms with Crippen LogP contribution >= 0.6 is 0 Å². The van der Waals surface area contributed by atoms with Gasteiger partial charge in [-0.2, -0.15) is 0 Å². The second-order valence-corrected chi connectivity index (χ2v) is 6.95. The van der Waals surface area contributed by atoms with Crippen molar-refractivity contribution in [1.29, 1.82) is 0 Å². The van der Waals surface area contributed by atoms with E-state index < -0.39 is 0 Å². The zero-order chi connectivity index (χ0) is 18.2. The molecular formula is C19H30N4O2. The van der Waals surface area contributed by atoms with Crippen molar-refractivity contribution in [3.63, 3.8) is 0 Å². The lowest BCUT2D eigenvalue weighted by Gasteiger charge is -2.19. The van der Waals surface area contributed by atoms with Crippen LogP contribution in [0.3, 0.4) is 0 Å². The largest absolute Gasteiger partial charge is 0.327 e. The number of carbonyl (C=O) groups excluding carboxylic acids is 2. The first-order valence-corrected chi connectivity index (χ1v) is 9.14. The molecule has 2 rings (SSSR count). The van der Waals surface area contributed by atoms with E-state index >= 15 is 0 Å². The van der Waals surface area contributed by atoms with Crippen LogP contribution in [0.4, 0.5) is 11.4 Å². The van der Waals surface area contributed by atoms with Crippen LogP contribution in [0.1, 0.15) is 39.5 Å². The number of anilines is 2. The van der Waals surface area contributed by atoms with Crippen molar-refractivity contribution in [3.8, 4) is 0 Å². The quantitative estimate of drug-likeness (QED) is 0.738. The van der Waals surface area contributed by atoms with Crippen LogP contribution in [0.5, 0.6) is 0 Å². The Kier molecular flexibility index (Phi) is 7.40. The predicted molar refractivity (Wildman–Crippen MR) is 101 cm³/mol. The molecule has 6 heteroatoms. The molecule has 1 saturated heterocycles. The Morgan fingerprint density at radius 2 is 1.52 bits per heavy atom. The molecule has 1 aliphatic heterocycles. The normalized spacial score (nSPS) is 18.0. The highest BCUT2D eigenvalue weighted by molar-refractivity contribution is 5.94. The maximum atomic E-state index is 12.2. The third kappa shape index (κ3) is 6.48. The van der Waals surface area contributed by atoms with E-state index in [-0.39, 0.29) is 23.8 Å². The van der Waals surface area contributed by atoms with E-state index in [1.54, 1.807) is 31.2 Å². The number of nitrogens with one attached hydrogen (secondary N) is 2. The Morgan fingerprint density at radius 3 is 2.04 bits per heavy atom. The van der Waals surface area contributed by atoms with E-state index in [9.17, 15) is 9.59 Å². The summed E-state index contributed by atoms with van der Waals surface area (Å²) in [6, 6.07) is 6.97. The number of hydrogen-bond donors (Lipinski definition) is 3. The van der Waals surface area contributed by atoms with Gasteiger partial charge in [-0.25, -0.2) is 0 Å². The van der Waals surface area contributed by atoms with Gasteiger partial charge in [0.25, 0.3) is 0 Å². The fraction of sp³-hybridized carbons (Fsp3) is 0.579. The highest BCUT2D eigenvalue weighted by Crippen LogP contribution is 2.15. The molecule has 2 amide bonds. The van der Waals surface area contributed by atoms with Gasteiger partial charge in [-0.05, 0) is 57.1 Å². The van der Waals surface area contributed by atoms with Crippen LogP contribution in [0, 0.1) is 5.92 Å². The Bertz CT molecular complexity index is 563. The molecule has 0 bridgehead atoms. The summed E-state index contributed by atoms with van der Waals surface area (Å²) in [5.41, 5.74) is 7.18. The first-order valence-electron chi connectivity index (χ1n) is 9.14. The van der Waals surface area contributed by atoms with Gasteiger partial charge in [0.05, 0.1) is 12.5 Å². The summed E-state index contributed by atoms with van der Waals surface area (Å²) < 4.78 is 0. The minimum absolute atomic E-state index is 0.00395. The first-order chi connectivity index (χ1) is 12.0. The highest BCUT2D eigenvalue weighted by Gasteiger charge is 2.17. The minimum Gasteiger partial charge on any atom is -0.327 e. The Labute approximate surface area is 150 Å². The molecule has 1 aromatic rings. The van der Waals surface area contributed by atoms with Crippen LogP contribution in [-0.4, -0.2) is 42.4 Å². The molecule has 138 valence electrons. The molecule has 1 heterocycles. The zero-order valence-corrected chi connectivity index (χ0v) is 15.3. The fourth-order valence-electron chi connectivity index (χ4n) is 2.83. The molecule has 2 atom stereocenters. The molecule has 0 aromatic heterocycles. The average Bonchev–Trinajstić information content (AvgIpc) is 2.84. The summed E-state index contributed by atoms with van der Waals surface area (Å²) in [6.45, 7) is 6.04. The van der Waals surface area contributed by atoms with Crippen molar-refractivity contribution in [2.75, 3.05) is 30.3 Å². The SMILES string of the molecule is CC(N)C(C)C(=O)Nc1ccc(NC(=O)CN2CCCCCC2)cc1. The second-order valence-electron chi connectivity index (χ2n) is 6.95. The Hall–Kier alpha value is -1.92. The molecule has 1 aliphatic rings. The first kappa shape index (κ1) is 19.4. The van der Waals surface area contributed by atoms with E-state index in [1.807, 2.05) is 6.92 Å². The van der Waals surface area contributed by atoms with Crippen molar-refractivity contribution in [2.45, 2.75) is 45.6 Å². The van der Waals surface area contributed by atoms with Gasteiger partial charge in [-0.1, -0.05) is 19.8 Å². The molecule has 2 unspecified atom stereocenters. The van der Waals surface area contributed by atoms with Crippen LogP contribution in [0.2, 0.25) is 0 Å². The van der Waals surface area contributed by atoms with E-state index in [4.69, 9.17) is 5.73 Å². The number of hydrogen-bond acceptors (Lipinski definition) is 4. The predicted octanol–water partition coefficient (Wildman–Crippen LogP) is 2.42. The molecule has 6 nitrogen and oxygen atoms in total. The summed E-state index contributed by atoms with van der Waals surface area (Å²) >= 11 is 0. The van der Waals surface area contributed by atoms with Crippen LogP contribution < -0.4 is 16.4 Å². The molecular weight excluding hydrogens is 316 g/mol. The number of amides is 2. The lowest BCUT2D eigenvalue weighted by molar-refractivity contribution is -0.120. The van der Waals surface area contributed by atoms with Gasteiger partial charge >= 0.3 is 0 Å². The van der Waals surface area contributed by atoms with Crippen molar-refractivity contribution < 1.29 is 9.59 Å². The standard InChI is InChI=1S/C19H30N4O2/c1-14(15(2)20)19(25)22-17-9-7-16(8-10-17)21-18(24)13-23-11-5-3-4-6-12-23/h7-10,14-15H,3-6,11-13,20H2,1-2H3,(H,21,24)(H,22,25). The van der Waals surface area contributed by atoms with Gasteiger partial charge in [0.2, 0.25) is 11.8 Å². The molecule has 25 heavy (non-hydrogen) atoms. The molecule has 0 radical (unpaired) electrons. The lowest BCUT2D eigenvalue weighted by atomic mass is 10.0. The number of likely N-dealkylation sites (tertiary alicyclic amines) is 1. The van der Waals surface area contributed by atoms with Gasteiger partial charge in [0, 0.05) is 17.4 Å². The number of nitrogens with zero attached hydrogens (tertiary/aromatic N) is 1. The summed E-state index contributed by atoms with van der Waals surface area (Å²) in [7, 11) is 0. The lowest BCUT2D eigenvalue weighted by Crippen LogP contribution is -2.34. The van der Waals surface area contributed by atoms with Crippen molar-refractivity contribution in [2.24, 2.45) is 11.7 Å². The Balaban J connectivity index is 1.83. The highest BCUT2D eigenvalue weighted by atomic mass is 16.2. The van der Waals surface area contributed by atoms with Gasteiger partial charge in [-0.3, -0.25) is 14.5 Å². The molecule has 1 aromatic carbocycles. The van der Waals surface area contributed by atoms with E-state index in [1.165, 1.54) is 25.7 Å². The fourth-order valence-corrected chi connectivity index (χ4v) is 2.83. The van der Waals surface area contributed by atoms with Crippen LogP contribution in [-0.2, 0) is 9.59 Å². The number of rotatable bonds is 6. The average molecular weight is 346 g/mol. The number of nitrogens with two attached hydrogens (primary N) is 1. The van der Waals surface area contributed by atoms with Crippen molar-refractivity contribution in [1.82, 2.24) is 4.90 Å². The van der Waals surface area contributed by atoms with Crippen LogP contribution in [0.15, 0.2) is 24.3 Å². The number of carbonyl (C=O) groups is 2. The second kappa shape index (κ2) is 9.53. The summed E-state index contributed by atoms with van der Waals surface area (Å²) in [5, 5.41) is 5.75. The van der Waals surface area contributed by atoms with Gasteiger partial charge in [0.15, 0.2) is 0 Å². The van der Waals surface area contributed by atoms with Gasteiger partial charge < -0.3 is 16.4 Å². The van der Waals surface area contributed by atoms with Gasteiger partial charge in [-0.15, -0.1) is 0 Å². The minimum atomic E-state index is -0.256. The van der Waals surface area contributed by atoms with Crippen molar-refractivity contribution >= 4 is 23.2 Å². The van der Waals surface area contributed by atoms with E-state index in [0.29, 0.717) is 12.2 Å². The maximum absolute atomic E-state index is 12.2. The summed E-state index contributed by atoms with van der Waals surface area (Å²) in [4.78, 5) is 26.4. The third-order valence-corrected chi connectivity index (χ3v) is 4.70. The maximum Gasteiger partial charge on any atom is 0.238 e.